The van der Waals surface area contributed by atoms with Crippen LogP contribution in [0.4, 0.5) is 0 Å². The van der Waals surface area contributed by atoms with E-state index in [1.807, 2.05) is 0 Å². The Morgan fingerprint density at radius 1 is 1.32 bits per heavy atom. The molecule has 3 fully saturated rings. The topological polar surface area (TPSA) is 55.2 Å². The van der Waals surface area contributed by atoms with E-state index < -0.39 is 10.0 Å². The number of hydrogen-bond donors (Lipinski definition) is 0. The minimum Gasteiger partial charge on any atom is -0.339 e. The molecule has 19 heavy (non-hydrogen) atoms. The van der Waals surface area contributed by atoms with E-state index in [0.29, 0.717) is 24.9 Å². The van der Waals surface area contributed by atoms with E-state index in [2.05, 4.69) is 4.98 Å². The quantitative estimate of drug-likeness (QED) is 0.830. The zero-order chi connectivity index (χ0) is 13.2. The van der Waals surface area contributed by atoms with Crippen molar-refractivity contribution >= 4 is 10.0 Å². The van der Waals surface area contributed by atoms with Crippen LogP contribution >= 0.6 is 0 Å². The first kappa shape index (κ1) is 11.9. The number of aromatic nitrogens is 2. The van der Waals surface area contributed by atoms with Gasteiger partial charge in [-0.15, -0.1) is 0 Å². The number of fused-ring (bicyclic) bond motifs is 1. The molecule has 1 saturated heterocycles. The molecule has 0 radical (unpaired) electrons. The van der Waals surface area contributed by atoms with Gasteiger partial charge < -0.3 is 4.57 Å². The van der Waals surface area contributed by atoms with E-state index in [9.17, 15) is 8.42 Å². The van der Waals surface area contributed by atoms with E-state index in [1.165, 1.54) is 19.3 Å². The van der Waals surface area contributed by atoms with Crippen LogP contribution in [0.3, 0.4) is 0 Å². The molecule has 104 valence electrons. The molecule has 5 nitrogen and oxygen atoms in total. The van der Waals surface area contributed by atoms with Gasteiger partial charge in [0.2, 0.25) is 0 Å². The highest BCUT2D eigenvalue weighted by Gasteiger charge is 2.58. The molecule has 1 aliphatic heterocycles. The number of imidazole rings is 1. The zero-order valence-corrected chi connectivity index (χ0v) is 11.9. The van der Waals surface area contributed by atoms with Crippen molar-refractivity contribution in [2.24, 2.45) is 30.7 Å². The molecule has 0 amide bonds. The normalized spacial score (nSPS) is 34.5. The summed E-state index contributed by atoms with van der Waals surface area (Å²) >= 11 is 0. The lowest BCUT2D eigenvalue weighted by Crippen LogP contribution is -2.32. The van der Waals surface area contributed by atoms with Crippen molar-refractivity contribution in [3.63, 3.8) is 0 Å². The maximum absolute atomic E-state index is 12.4. The summed E-state index contributed by atoms with van der Waals surface area (Å²) in [6.45, 7) is 1.42. The van der Waals surface area contributed by atoms with Crippen molar-refractivity contribution < 1.29 is 8.42 Å². The third-order valence-electron chi connectivity index (χ3n) is 4.93. The molecule has 0 bridgehead atoms. The number of rotatable bonds is 4. The van der Waals surface area contributed by atoms with Crippen molar-refractivity contribution in [3.8, 4) is 0 Å². The van der Waals surface area contributed by atoms with Gasteiger partial charge in [-0.1, -0.05) is 12.8 Å². The highest BCUT2D eigenvalue weighted by Crippen LogP contribution is 2.57. The maximum Gasteiger partial charge on any atom is 0.262 e. The lowest BCUT2D eigenvalue weighted by Gasteiger charge is -2.18. The second-order valence-electron chi connectivity index (χ2n) is 6.37. The molecule has 6 heteroatoms. The van der Waals surface area contributed by atoms with Gasteiger partial charge in [0.1, 0.15) is 0 Å². The van der Waals surface area contributed by atoms with Crippen LogP contribution in [0, 0.1) is 23.7 Å². The van der Waals surface area contributed by atoms with E-state index in [4.69, 9.17) is 0 Å². The van der Waals surface area contributed by atoms with Crippen LogP contribution in [0.25, 0.3) is 0 Å². The predicted octanol–water partition coefficient (Wildman–Crippen LogP) is 1.09. The summed E-state index contributed by atoms with van der Waals surface area (Å²) in [5.74, 6) is 3.01. The van der Waals surface area contributed by atoms with Crippen LogP contribution in [-0.2, 0) is 17.1 Å². The molecule has 4 rings (SSSR count). The highest BCUT2D eigenvalue weighted by atomic mass is 32.2. The lowest BCUT2D eigenvalue weighted by atomic mass is 10.1. The summed E-state index contributed by atoms with van der Waals surface area (Å²) in [5, 5.41) is 0.190. The molecule has 2 unspecified atom stereocenters. The fraction of sp³-hybridized carbons (Fsp3) is 0.769. The minimum absolute atomic E-state index is 0.190. The molecular formula is C13H19N3O2S. The van der Waals surface area contributed by atoms with Gasteiger partial charge in [-0.25, -0.2) is 13.4 Å². The van der Waals surface area contributed by atoms with Gasteiger partial charge in [0.15, 0.2) is 5.03 Å². The van der Waals surface area contributed by atoms with Gasteiger partial charge in [-0.3, -0.25) is 0 Å². The summed E-state index contributed by atoms with van der Waals surface area (Å²) < 4.78 is 28.1. The van der Waals surface area contributed by atoms with Crippen LogP contribution in [0.15, 0.2) is 17.6 Å². The van der Waals surface area contributed by atoms with Crippen molar-refractivity contribution in [1.29, 1.82) is 0 Å². The van der Waals surface area contributed by atoms with Gasteiger partial charge in [0.05, 0.1) is 6.33 Å². The molecule has 0 spiro atoms. The van der Waals surface area contributed by atoms with E-state index in [-0.39, 0.29) is 5.03 Å². The molecule has 2 atom stereocenters. The van der Waals surface area contributed by atoms with Gasteiger partial charge in [0.25, 0.3) is 10.0 Å². The molecule has 1 aromatic heterocycles. The van der Waals surface area contributed by atoms with Gasteiger partial charge in [-0.2, -0.15) is 4.31 Å². The third-order valence-corrected chi connectivity index (χ3v) is 6.64. The summed E-state index contributed by atoms with van der Waals surface area (Å²) in [7, 11) is -1.56. The van der Waals surface area contributed by atoms with Crippen LogP contribution < -0.4 is 0 Å². The molecule has 3 aliphatic rings. The number of sulfonamides is 1. The first-order valence-corrected chi connectivity index (χ1v) is 8.48. The maximum atomic E-state index is 12.4. The summed E-state index contributed by atoms with van der Waals surface area (Å²) in [6.07, 6.45) is 7.26. The molecule has 2 saturated carbocycles. The molecule has 2 heterocycles. The Morgan fingerprint density at radius 3 is 2.53 bits per heavy atom. The van der Waals surface area contributed by atoms with Crippen molar-refractivity contribution in [1.82, 2.24) is 13.9 Å². The molecular weight excluding hydrogens is 262 g/mol. The highest BCUT2D eigenvalue weighted by molar-refractivity contribution is 7.89. The standard InChI is InChI=1S/C13H19N3O2S/c1-15-7-13(14-8-15)19(17,18)16-5-11-10(12(11)6-16)4-9-2-3-9/h7-12H,2-6H2,1H3. The van der Waals surface area contributed by atoms with E-state index in [1.54, 1.807) is 28.4 Å². The molecule has 0 N–H and O–H groups in total. The second-order valence-corrected chi connectivity index (χ2v) is 8.25. The number of piperidine rings is 1. The Hall–Kier alpha value is -0.880. The van der Waals surface area contributed by atoms with Crippen LogP contribution in [0.2, 0.25) is 0 Å². The van der Waals surface area contributed by atoms with Crippen molar-refractivity contribution in [2.45, 2.75) is 24.3 Å². The number of aryl methyl sites for hydroxylation is 1. The molecule has 1 aromatic rings. The molecule has 2 aliphatic carbocycles. The average molecular weight is 281 g/mol. The van der Waals surface area contributed by atoms with Crippen LogP contribution in [-0.4, -0.2) is 35.4 Å². The summed E-state index contributed by atoms with van der Waals surface area (Å²) in [5.41, 5.74) is 0. The smallest absolute Gasteiger partial charge is 0.262 e. The van der Waals surface area contributed by atoms with Gasteiger partial charge in [0, 0.05) is 26.3 Å². The Morgan fingerprint density at radius 2 is 2.00 bits per heavy atom. The lowest BCUT2D eigenvalue weighted by molar-refractivity contribution is 0.396. The fourth-order valence-corrected chi connectivity index (χ4v) is 5.03. The number of nitrogens with zero attached hydrogens (tertiary/aromatic N) is 3. The zero-order valence-electron chi connectivity index (χ0n) is 11.1. The summed E-state index contributed by atoms with van der Waals surface area (Å²) in [4.78, 5) is 3.98. The Kier molecular flexibility index (Phi) is 2.39. The SMILES string of the molecule is Cn1cnc(S(=O)(=O)N2CC3C(CC4CC4)C3C2)c1. The fourth-order valence-electron chi connectivity index (χ4n) is 3.55. The van der Waals surface area contributed by atoms with E-state index in [0.717, 1.165) is 11.8 Å². The third kappa shape index (κ3) is 1.92. The first-order chi connectivity index (χ1) is 9.05. The number of hydrogen-bond acceptors (Lipinski definition) is 3. The van der Waals surface area contributed by atoms with Gasteiger partial charge >= 0.3 is 0 Å². The molecule has 0 aromatic carbocycles. The Labute approximate surface area is 113 Å². The van der Waals surface area contributed by atoms with Crippen molar-refractivity contribution in [2.75, 3.05) is 13.1 Å². The Bertz CT molecular complexity index is 593. The first-order valence-electron chi connectivity index (χ1n) is 7.04. The largest absolute Gasteiger partial charge is 0.339 e. The Balaban J connectivity index is 1.45. The van der Waals surface area contributed by atoms with Crippen molar-refractivity contribution in [3.05, 3.63) is 12.5 Å². The summed E-state index contributed by atoms with van der Waals surface area (Å²) in [6, 6.07) is 0. The van der Waals surface area contributed by atoms with E-state index >= 15 is 0 Å². The second kappa shape index (κ2) is 3.82. The average Bonchev–Trinajstić information content (AvgIpc) is 3.17. The van der Waals surface area contributed by atoms with Gasteiger partial charge in [-0.05, 0) is 30.1 Å². The minimum atomic E-state index is -3.36. The van der Waals surface area contributed by atoms with Crippen LogP contribution in [0.1, 0.15) is 19.3 Å². The monoisotopic (exact) mass is 281 g/mol. The van der Waals surface area contributed by atoms with Crippen LogP contribution in [0.5, 0.6) is 0 Å². The predicted molar refractivity (Wildman–Crippen MR) is 69.8 cm³/mol.